The number of amides is 1. The maximum atomic E-state index is 13.5. The van der Waals surface area contributed by atoms with Gasteiger partial charge in [0.05, 0.1) is 35.0 Å². The number of fused-ring (bicyclic) bond motifs is 1. The van der Waals surface area contributed by atoms with E-state index < -0.39 is 22.5 Å². The Hall–Kier alpha value is -3.83. The lowest BCUT2D eigenvalue weighted by atomic mass is 10.2. The second-order valence-electron chi connectivity index (χ2n) is 7.52. The molecule has 0 atom stereocenters. The summed E-state index contributed by atoms with van der Waals surface area (Å²) in [5.41, 5.74) is 1.43. The molecule has 0 radical (unpaired) electrons. The number of hydrogen-bond donors (Lipinski definition) is 1. The molecule has 11 heteroatoms. The molecule has 1 N–H and O–H groups in total. The summed E-state index contributed by atoms with van der Waals surface area (Å²) in [5.74, 6) is 0.193. The number of nitrogens with one attached hydrogen (secondary N) is 1. The molecule has 35 heavy (non-hydrogen) atoms. The molecule has 0 spiro atoms. The van der Waals surface area contributed by atoms with Crippen LogP contribution in [0.5, 0.6) is 11.5 Å². The first kappa shape index (κ1) is 24.3. The Kier molecular flexibility index (Phi) is 6.81. The summed E-state index contributed by atoms with van der Waals surface area (Å²) in [6, 6.07) is 17.6. The van der Waals surface area contributed by atoms with E-state index in [2.05, 4.69) is 5.32 Å². The number of aryl methyl sites for hydroxylation is 1. The highest BCUT2D eigenvalue weighted by Gasteiger charge is 2.28. The lowest BCUT2D eigenvalue weighted by Gasteiger charge is -2.25. The summed E-state index contributed by atoms with van der Waals surface area (Å²) in [7, 11) is 0.505. The number of ether oxygens (including phenoxy) is 2. The highest BCUT2D eigenvalue weighted by atomic mass is 32.2. The fourth-order valence-electron chi connectivity index (χ4n) is 3.56. The minimum absolute atomic E-state index is 0.0399. The average Bonchev–Trinajstić information content (AvgIpc) is 3.15. The van der Waals surface area contributed by atoms with E-state index in [-0.39, 0.29) is 15.5 Å². The van der Waals surface area contributed by atoms with Crippen molar-refractivity contribution in [2.24, 2.45) is 7.05 Å². The van der Waals surface area contributed by atoms with Gasteiger partial charge in [0.15, 0.2) is 11.5 Å². The quantitative estimate of drug-likeness (QED) is 0.387. The number of nitrogens with zero attached hydrogens (tertiary/aromatic N) is 2. The predicted molar refractivity (Wildman–Crippen MR) is 136 cm³/mol. The summed E-state index contributed by atoms with van der Waals surface area (Å²) < 4.78 is 40.9. The van der Waals surface area contributed by atoms with Crippen LogP contribution in [0.2, 0.25) is 0 Å². The van der Waals surface area contributed by atoms with Crippen LogP contribution in [-0.4, -0.2) is 39.7 Å². The van der Waals surface area contributed by atoms with Gasteiger partial charge in [-0.05, 0) is 42.5 Å². The van der Waals surface area contributed by atoms with E-state index in [0.29, 0.717) is 21.9 Å². The average molecular weight is 514 g/mol. The maximum Gasteiger partial charge on any atom is 0.307 e. The van der Waals surface area contributed by atoms with Crippen LogP contribution in [0.3, 0.4) is 0 Å². The van der Waals surface area contributed by atoms with Crippen molar-refractivity contribution in [2.45, 2.75) is 4.90 Å². The van der Waals surface area contributed by atoms with Crippen LogP contribution in [0.1, 0.15) is 0 Å². The Morgan fingerprint density at radius 1 is 1.00 bits per heavy atom. The Labute approximate surface area is 206 Å². The second-order valence-corrected chi connectivity index (χ2v) is 10.4. The molecule has 4 rings (SSSR count). The molecule has 0 fully saturated rings. The number of carbonyl (C=O) groups is 1. The van der Waals surface area contributed by atoms with Crippen molar-refractivity contribution >= 4 is 48.9 Å². The number of carbonyl (C=O) groups excluding carboxylic acids is 1. The smallest absolute Gasteiger partial charge is 0.307 e. The predicted octanol–water partition coefficient (Wildman–Crippen LogP) is 3.45. The molecule has 0 saturated heterocycles. The summed E-state index contributed by atoms with van der Waals surface area (Å²) in [4.78, 5) is 24.9. The lowest BCUT2D eigenvalue weighted by molar-refractivity contribution is -0.114. The molecule has 1 heterocycles. The number of aromatic nitrogens is 1. The zero-order chi connectivity index (χ0) is 25.2. The summed E-state index contributed by atoms with van der Waals surface area (Å²) in [5, 5.41) is 2.73. The van der Waals surface area contributed by atoms with Gasteiger partial charge in [0.2, 0.25) is 5.91 Å². The number of sulfonamides is 1. The van der Waals surface area contributed by atoms with Crippen LogP contribution in [-0.2, 0) is 21.9 Å². The summed E-state index contributed by atoms with van der Waals surface area (Å²) >= 11 is 1.06. The van der Waals surface area contributed by atoms with Gasteiger partial charge >= 0.3 is 4.87 Å². The van der Waals surface area contributed by atoms with Crippen molar-refractivity contribution in [1.29, 1.82) is 0 Å². The van der Waals surface area contributed by atoms with Gasteiger partial charge in [-0.25, -0.2) is 8.42 Å². The van der Waals surface area contributed by atoms with Crippen molar-refractivity contribution in [2.75, 3.05) is 30.4 Å². The third-order valence-corrected chi connectivity index (χ3v) is 8.13. The Balaban J connectivity index is 1.69. The number of anilines is 2. The number of thiazole rings is 1. The summed E-state index contributed by atoms with van der Waals surface area (Å²) in [6.45, 7) is -0.490. The zero-order valence-corrected chi connectivity index (χ0v) is 20.9. The Morgan fingerprint density at radius 2 is 1.71 bits per heavy atom. The van der Waals surface area contributed by atoms with Crippen molar-refractivity contribution in [3.63, 3.8) is 0 Å². The fraction of sp³-hybridized carbons (Fsp3) is 0.167. The highest BCUT2D eigenvalue weighted by molar-refractivity contribution is 7.92. The van der Waals surface area contributed by atoms with Gasteiger partial charge < -0.3 is 19.4 Å². The molecular weight excluding hydrogens is 490 g/mol. The largest absolute Gasteiger partial charge is 0.493 e. The van der Waals surface area contributed by atoms with E-state index in [1.165, 1.54) is 37.0 Å². The van der Waals surface area contributed by atoms with Gasteiger partial charge in [0.25, 0.3) is 10.0 Å². The first-order chi connectivity index (χ1) is 16.7. The van der Waals surface area contributed by atoms with Gasteiger partial charge in [0.1, 0.15) is 6.54 Å². The van der Waals surface area contributed by atoms with Crippen LogP contribution >= 0.6 is 11.3 Å². The topological polar surface area (TPSA) is 107 Å². The second kappa shape index (κ2) is 9.80. The summed E-state index contributed by atoms with van der Waals surface area (Å²) in [6.07, 6.45) is 0. The normalized spacial score (nSPS) is 11.3. The minimum Gasteiger partial charge on any atom is -0.493 e. The van der Waals surface area contributed by atoms with Crippen LogP contribution in [0.15, 0.2) is 76.4 Å². The SMILES string of the molecule is COc1ccc(N(CC(=O)Nc2ccc3c(c2)sc(=O)n3C)S(=O)(=O)c2ccccc2)cc1OC. The molecule has 1 aromatic heterocycles. The van der Waals surface area contributed by atoms with E-state index >= 15 is 0 Å². The Bertz CT molecular complexity index is 1540. The number of methoxy groups -OCH3 is 2. The van der Waals surface area contributed by atoms with Gasteiger partial charge in [-0.15, -0.1) is 0 Å². The molecule has 0 unspecified atom stereocenters. The molecule has 0 saturated carbocycles. The molecule has 0 aliphatic heterocycles. The molecular formula is C24H23N3O6S2. The molecule has 0 bridgehead atoms. The van der Waals surface area contributed by atoms with Gasteiger partial charge in [0, 0.05) is 18.8 Å². The Morgan fingerprint density at radius 3 is 2.40 bits per heavy atom. The van der Waals surface area contributed by atoms with E-state index in [0.717, 1.165) is 21.2 Å². The molecule has 0 aliphatic carbocycles. The molecule has 9 nitrogen and oxygen atoms in total. The fourth-order valence-corrected chi connectivity index (χ4v) is 5.91. The molecule has 0 aliphatic rings. The van der Waals surface area contributed by atoms with Crippen LogP contribution in [0, 0.1) is 0 Å². The van der Waals surface area contributed by atoms with Gasteiger partial charge in [-0.3, -0.25) is 13.9 Å². The van der Waals surface area contributed by atoms with Gasteiger partial charge in [-0.1, -0.05) is 29.5 Å². The van der Waals surface area contributed by atoms with Crippen LogP contribution < -0.4 is 24.0 Å². The maximum absolute atomic E-state index is 13.5. The third-order valence-electron chi connectivity index (χ3n) is 5.35. The van der Waals surface area contributed by atoms with Gasteiger partial charge in [-0.2, -0.15) is 0 Å². The van der Waals surface area contributed by atoms with E-state index in [1.54, 1.807) is 55.6 Å². The molecule has 182 valence electrons. The first-order valence-corrected chi connectivity index (χ1v) is 12.7. The van der Waals surface area contributed by atoms with E-state index in [4.69, 9.17) is 9.47 Å². The van der Waals surface area contributed by atoms with E-state index in [1.807, 2.05) is 0 Å². The lowest BCUT2D eigenvalue weighted by Crippen LogP contribution is -2.38. The van der Waals surface area contributed by atoms with Crippen molar-refractivity contribution in [1.82, 2.24) is 4.57 Å². The molecule has 3 aromatic carbocycles. The van der Waals surface area contributed by atoms with Crippen molar-refractivity contribution in [3.05, 3.63) is 76.4 Å². The van der Waals surface area contributed by atoms with Crippen molar-refractivity contribution < 1.29 is 22.7 Å². The standard InChI is InChI=1S/C24H23N3O6S2/c1-26-19-11-9-16(13-22(19)34-24(26)29)25-23(28)15-27(35(30,31)18-7-5-4-6-8-18)17-10-12-20(32-2)21(14-17)33-3/h4-14H,15H2,1-3H3,(H,25,28). The number of hydrogen-bond acceptors (Lipinski definition) is 7. The highest BCUT2D eigenvalue weighted by Crippen LogP contribution is 2.34. The molecule has 1 amide bonds. The minimum atomic E-state index is -4.09. The van der Waals surface area contributed by atoms with Crippen molar-refractivity contribution in [3.8, 4) is 11.5 Å². The molecule has 4 aromatic rings. The number of benzene rings is 3. The van der Waals surface area contributed by atoms with Crippen LogP contribution in [0.4, 0.5) is 11.4 Å². The number of rotatable bonds is 8. The zero-order valence-electron chi connectivity index (χ0n) is 19.2. The third kappa shape index (κ3) is 4.86. The first-order valence-electron chi connectivity index (χ1n) is 10.4. The van der Waals surface area contributed by atoms with Crippen LogP contribution in [0.25, 0.3) is 10.2 Å². The van der Waals surface area contributed by atoms with E-state index in [9.17, 15) is 18.0 Å². The monoisotopic (exact) mass is 513 g/mol.